The highest BCUT2D eigenvalue weighted by Gasteiger charge is 2.13. The number of hydrogen-bond donors (Lipinski definition) is 0. The molecule has 3 nitrogen and oxygen atoms in total. The summed E-state index contributed by atoms with van der Waals surface area (Å²) in [5.74, 6) is 0. The molecule has 0 fully saturated rings. The second kappa shape index (κ2) is 5.40. The molecule has 3 aromatic rings. The number of thiophene rings is 1. The fourth-order valence-electron chi connectivity index (χ4n) is 1.71. The third-order valence-electron chi connectivity index (χ3n) is 2.58. The standard InChI is InChI=1S/C13H11N3S3/c1-8-11(9-5-6-14-13(16-9)17-2)19-12(15-8)10-4-3-7-18-10/h3-7H,1-2H3. The lowest BCUT2D eigenvalue weighted by Gasteiger charge is -1.99. The maximum atomic E-state index is 4.65. The third kappa shape index (κ3) is 2.56. The van der Waals surface area contributed by atoms with Crippen LogP contribution in [0.2, 0.25) is 0 Å². The molecule has 0 radical (unpaired) electrons. The van der Waals surface area contributed by atoms with Crippen LogP contribution in [0.15, 0.2) is 34.9 Å². The zero-order valence-electron chi connectivity index (χ0n) is 10.5. The van der Waals surface area contributed by atoms with Crippen molar-refractivity contribution in [1.29, 1.82) is 0 Å². The van der Waals surface area contributed by atoms with E-state index in [1.165, 1.54) is 4.88 Å². The number of thioether (sulfide) groups is 1. The molecule has 96 valence electrons. The van der Waals surface area contributed by atoms with E-state index in [0.29, 0.717) is 0 Å². The van der Waals surface area contributed by atoms with E-state index in [2.05, 4.69) is 26.4 Å². The Labute approximate surface area is 123 Å². The Hall–Kier alpha value is -1.24. The number of hydrogen-bond acceptors (Lipinski definition) is 6. The van der Waals surface area contributed by atoms with E-state index in [1.807, 2.05) is 25.3 Å². The maximum absolute atomic E-state index is 4.65. The molecule has 0 saturated heterocycles. The molecule has 0 aromatic carbocycles. The molecule has 6 heteroatoms. The predicted molar refractivity (Wildman–Crippen MR) is 83.0 cm³/mol. The van der Waals surface area contributed by atoms with Crippen molar-refractivity contribution in [3.63, 3.8) is 0 Å². The van der Waals surface area contributed by atoms with Gasteiger partial charge in [-0.1, -0.05) is 17.8 Å². The SMILES string of the molecule is CSc1nccc(-c2sc(-c3cccs3)nc2C)n1. The first-order valence-corrected chi connectivity index (χ1v) is 8.58. The maximum Gasteiger partial charge on any atom is 0.187 e. The van der Waals surface area contributed by atoms with Crippen molar-refractivity contribution in [2.75, 3.05) is 6.26 Å². The van der Waals surface area contributed by atoms with E-state index in [4.69, 9.17) is 0 Å². The van der Waals surface area contributed by atoms with Crippen LogP contribution in [0.5, 0.6) is 0 Å². The molecule has 0 amide bonds. The Balaban J connectivity index is 2.05. The third-order valence-corrected chi connectivity index (χ3v) is 5.36. The summed E-state index contributed by atoms with van der Waals surface area (Å²) in [6.45, 7) is 2.03. The summed E-state index contributed by atoms with van der Waals surface area (Å²) >= 11 is 4.95. The van der Waals surface area contributed by atoms with Crippen molar-refractivity contribution >= 4 is 34.4 Å². The van der Waals surface area contributed by atoms with E-state index in [-0.39, 0.29) is 0 Å². The Morgan fingerprint density at radius 2 is 2.11 bits per heavy atom. The minimum Gasteiger partial charge on any atom is -0.240 e. The van der Waals surface area contributed by atoms with Crippen LogP contribution in [-0.2, 0) is 0 Å². The van der Waals surface area contributed by atoms with Gasteiger partial charge in [0.1, 0.15) is 5.01 Å². The van der Waals surface area contributed by atoms with Crippen molar-refractivity contribution < 1.29 is 0 Å². The molecule has 0 atom stereocenters. The Morgan fingerprint density at radius 3 is 2.84 bits per heavy atom. The van der Waals surface area contributed by atoms with Gasteiger partial charge in [0.2, 0.25) is 0 Å². The lowest BCUT2D eigenvalue weighted by Crippen LogP contribution is -1.88. The fraction of sp³-hybridized carbons (Fsp3) is 0.154. The summed E-state index contributed by atoms with van der Waals surface area (Å²) in [6, 6.07) is 6.09. The number of nitrogens with zero attached hydrogens (tertiary/aromatic N) is 3. The summed E-state index contributed by atoms with van der Waals surface area (Å²) in [7, 11) is 0. The highest BCUT2D eigenvalue weighted by molar-refractivity contribution is 7.98. The monoisotopic (exact) mass is 305 g/mol. The van der Waals surface area contributed by atoms with Crippen molar-refractivity contribution in [1.82, 2.24) is 15.0 Å². The molecule has 3 heterocycles. The largest absolute Gasteiger partial charge is 0.240 e. The first-order valence-electron chi connectivity index (χ1n) is 5.66. The quantitative estimate of drug-likeness (QED) is 0.532. The highest BCUT2D eigenvalue weighted by atomic mass is 32.2. The molecular formula is C13H11N3S3. The van der Waals surface area contributed by atoms with Gasteiger partial charge in [0.05, 0.1) is 21.1 Å². The van der Waals surface area contributed by atoms with Gasteiger partial charge >= 0.3 is 0 Å². The van der Waals surface area contributed by atoms with Crippen molar-refractivity contribution in [2.24, 2.45) is 0 Å². The molecule has 0 aliphatic rings. The minimum absolute atomic E-state index is 0.794. The second-order valence-corrected chi connectivity index (χ2v) is 6.56. The normalized spacial score (nSPS) is 10.8. The van der Waals surface area contributed by atoms with Crippen LogP contribution in [0.1, 0.15) is 5.69 Å². The van der Waals surface area contributed by atoms with Crippen molar-refractivity contribution in [3.05, 3.63) is 35.5 Å². The minimum atomic E-state index is 0.794. The zero-order valence-corrected chi connectivity index (χ0v) is 12.9. The van der Waals surface area contributed by atoms with E-state index in [9.17, 15) is 0 Å². The summed E-state index contributed by atoms with van der Waals surface area (Å²) in [5, 5.41) is 3.93. The topological polar surface area (TPSA) is 38.7 Å². The number of rotatable bonds is 3. The molecular weight excluding hydrogens is 294 g/mol. The fourth-order valence-corrected chi connectivity index (χ4v) is 3.89. The van der Waals surface area contributed by atoms with Crippen LogP contribution in [0.3, 0.4) is 0 Å². The molecule has 0 spiro atoms. The van der Waals surface area contributed by atoms with Gasteiger partial charge in [0.15, 0.2) is 5.16 Å². The second-order valence-electron chi connectivity index (χ2n) is 3.84. The van der Waals surface area contributed by atoms with Gasteiger partial charge in [-0.05, 0) is 30.7 Å². The molecule has 0 bridgehead atoms. The van der Waals surface area contributed by atoms with Crippen LogP contribution in [-0.4, -0.2) is 21.2 Å². The Bertz CT molecular complexity index is 689. The first kappa shape index (κ1) is 12.8. The summed E-state index contributed by atoms with van der Waals surface area (Å²) in [5.41, 5.74) is 1.98. The van der Waals surface area contributed by atoms with Crippen LogP contribution in [0.4, 0.5) is 0 Å². The summed E-state index contributed by atoms with van der Waals surface area (Å²) < 4.78 is 0. The number of aromatic nitrogens is 3. The average molecular weight is 305 g/mol. The number of aryl methyl sites for hydroxylation is 1. The van der Waals surface area contributed by atoms with Gasteiger partial charge in [-0.2, -0.15) is 0 Å². The zero-order chi connectivity index (χ0) is 13.2. The van der Waals surface area contributed by atoms with E-state index in [0.717, 1.165) is 26.4 Å². The molecule has 0 aliphatic heterocycles. The molecule has 0 aliphatic carbocycles. The summed E-state index contributed by atoms with van der Waals surface area (Å²) in [6.07, 6.45) is 3.79. The average Bonchev–Trinajstić information content (AvgIpc) is 3.07. The van der Waals surface area contributed by atoms with Gasteiger partial charge in [-0.15, -0.1) is 22.7 Å². The molecule has 0 unspecified atom stereocenters. The molecule has 0 N–H and O–H groups in total. The van der Waals surface area contributed by atoms with Gasteiger partial charge in [0, 0.05) is 6.20 Å². The predicted octanol–water partition coefficient (Wildman–Crippen LogP) is 4.36. The van der Waals surface area contributed by atoms with Gasteiger partial charge in [-0.3, -0.25) is 0 Å². The van der Waals surface area contributed by atoms with Gasteiger partial charge in [-0.25, -0.2) is 15.0 Å². The summed E-state index contributed by atoms with van der Waals surface area (Å²) in [4.78, 5) is 15.7. The first-order chi connectivity index (χ1) is 9.28. The van der Waals surface area contributed by atoms with Gasteiger partial charge in [0.25, 0.3) is 0 Å². The lowest BCUT2D eigenvalue weighted by atomic mass is 10.3. The van der Waals surface area contributed by atoms with Crippen LogP contribution in [0.25, 0.3) is 20.5 Å². The highest BCUT2D eigenvalue weighted by Crippen LogP contribution is 2.36. The molecule has 19 heavy (non-hydrogen) atoms. The van der Waals surface area contributed by atoms with Crippen molar-refractivity contribution in [2.45, 2.75) is 12.1 Å². The Kier molecular flexibility index (Phi) is 3.63. The number of thiazole rings is 1. The van der Waals surface area contributed by atoms with Crippen LogP contribution >= 0.6 is 34.4 Å². The molecule has 0 saturated carbocycles. The van der Waals surface area contributed by atoms with E-state index in [1.54, 1.807) is 40.6 Å². The van der Waals surface area contributed by atoms with E-state index < -0.39 is 0 Å². The molecule has 3 rings (SSSR count). The smallest absolute Gasteiger partial charge is 0.187 e. The van der Waals surface area contributed by atoms with E-state index >= 15 is 0 Å². The lowest BCUT2D eigenvalue weighted by molar-refractivity contribution is 0.976. The van der Waals surface area contributed by atoms with Crippen molar-refractivity contribution in [3.8, 4) is 20.5 Å². The van der Waals surface area contributed by atoms with Gasteiger partial charge < -0.3 is 0 Å². The van der Waals surface area contributed by atoms with Crippen LogP contribution < -0.4 is 0 Å². The van der Waals surface area contributed by atoms with Crippen LogP contribution in [0, 0.1) is 6.92 Å². The Morgan fingerprint density at radius 1 is 1.21 bits per heavy atom. The molecule has 3 aromatic heterocycles.